The summed E-state index contributed by atoms with van der Waals surface area (Å²) in [6.07, 6.45) is 0.296. The Morgan fingerprint density at radius 2 is 2.11 bits per heavy atom. The lowest BCUT2D eigenvalue weighted by molar-refractivity contribution is 0.0599. The molecule has 0 amide bonds. The van der Waals surface area contributed by atoms with E-state index in [1.807, 2.05) is 24.3 Å². The minimum absolute atomic E-state index is 0.254. The quantitative estimate of drug-likeness (QED) is 0.879. The number of hydrogen-bond donors (Lipinski definition) is 1. The maximum absolute atomic E-state index is 9.57. The van der Waals surface area contributed by atoms with Crippen LogP contribution in [-0.2, 0) is 17.6 Å². The first kappa shape index (κ1) is 14.2. The van der Waals surface area contributed by atoms with Gasteiger partial charge in [-0.3, -0.25) is 0 Å². The predicted octanol–water partition coefficient (Wildman–Crippen LogP) is 1.97. The summed E-state index contributed by atoms with van der Waals surface area (Å²) in [5.41, 5.74) is 1.10. The Hall–Kier alpha value is -1.24. The Morgan fingerprint density at radius 3 is 2.79 bits per heavy atom. The fourth-order valence-electron chi connectivity index (χ4n) is 1.68. The summed E-state index contributed by atoms with van der Waals surface area (Å²) in [6.45, 7) is 0.254. The lowest BCUT2D eigenvalue weighted by Gasteiger charge is -2.04. The van der Waals surface area contributed by atoms with Crippen LogP contribution in [0.4, 0.5) is 0 Å². The minimum Gasteiger partial charge on any atom is -0.390 e. The van der Waals surface area contributed by atoms with Crippen molar-refractivity contribution < 1.29 is 14.4 Å². The maximum atomic E-state index is 9.57. The molecule has 0 saturated carbocycles. The van der Waals surface area contributed by atoms with E-state index in [0.717, 1.165) is 10.0 Å². The molecule has 1 N–H and O–H groups in total. The molecule has 0 fully saturated rings. The molecule has 2 rings (SSSR count). The molecule has 0 aliphatic heterocycles. The summed E-state index contributed by atoms with van der Waals surface area (Å²) in [5, 5.41) is 13.5. The Labute approximate surface area is 119 Å². The summed E-state index contributed by atoms with van der Waals surface area (Å²) >= 11 is 3.39. The molecule has 102 valence electrons. The highest BCUT2D eigenvalue weighted by molar-refractivity contribution is 9.10. The van der Waals surface area contributed by atoms with Gasteiger partial charge >= 0.3 is 0 Å². The third-order valence-electron chi connectivity index (χ3n) is 2.55. The molecule has 5 nitrogen and oxygen atoms in total. The van der Waals surface area contributed by atoms with Gasteiger partial charge in [-0.2, -0.15) is 4.98 Å². The molecule has 0 aliphatic carbocycles. The summed E-state index contributed by atoms with van der Waals surface area (Å²) in [4.78, 5) is 4.25. The van der Waals surface area contributed by atoms with E-state index in [9.17, 15) is 5.11 Å². The summed E-state index contributed by atoms with van der Waals surface area (Å²) in [5.74, 6) is 1.04. The fraction of sp³-hybridized carbons (Fsp3) is 0.385. The van der Waals surface area contributed by atoms with Gasteiger partial charge in [0.15, 0.2) is 5.82 Å². The second-order valence-electron chi connectivity index (χ2n) is 4.22. The molecule has 0 aliphatic rings. The lowest BCUT2D eigenvalue weighted by Crippen LogP contribution is -2.17. The van der Waals surface area contributed by atoms with Crippen LogP contribution in [0.25, 0.3) is 0 Å². The van der Waals surface area contributed by atoms with Crippen LogP contribution in [0.15, 0.2) is 33.3 Å². The van der Waals surface area contributed by atoms with Gasteiger partial charge in [-0.05, 0) is 17.7 Å². The molecule has 1 aromatic carbocycles. The Kier molecular flexibility index (Phi) is 5.07. The van der Waals surface area contributed by atoms with E-state index >= 15 is 0 Å². The first-order valence-electron chi connectivity index (χ1n) is 5.90. The summed E-state index contributed by atoms with van der Waals surface area (Å²) < 4.78 is 11.0. The van der Waals surface area contributed by atoms with Gasteiger partial charge in [0.05, 0.1) is 19.1 Å². The molecule has 1 atom stereocenters. The molecule has 0 radical (unpaired) electrons. The number of hydrogen-bond acceptors (Lipinski definition) is 5. The second-order valence-corrected chi connectivity index (χ2v) is 5.14. The number of benzene rings is 1. The van der Waals surface area contributed by atoms with Gasteiger partial charge in [0, 0.05) is 18.0 Å². The minimum atomic E-state index is -0.619. The monoisotopic (exact) mass is 326 g/mol. The van der Waals surface area contributed by atoms with Crippen LogP contribution in [0.5, 0.6) is 0 Å². The van der Waals surface area contributed by atoms with Crippen LogP contribution in [0.1, 0.15) is 17.3 Å². The van der Waals surface area contributed by atoms with Crippen molar-refractivity contribution in [2.75, 3.05) is 13.7 Å². The van der Waals surface area contributed by atoms with Crippen molar-refractivity contribution in [3.05, 3.63) is 46.0 Å². The Morgan fingerprint density at radius 1 is 1.37 bits per heavy atom. The molecule has 0 bridgehead atoms. The lowest BCUT2D eigenvalue weighted by atomic mass is 10.1. The smallest absolute Gasteiger partial charge is 0.229 e. The third kappa shape index (κ3) is 4.41. The van der Waals surface area contributed by atoms with Crippen LogP contribution in [0.2, 0.25) is 0 Å². The normalized spacial score (nSPS) is 12.6. The summed E-state index contributed by atoms with van der Waals surface area (Å²) in [6, 6.07) is 7.94. The van der Waals surface area contributed by atoms with Crippen molar-refractivity contribution in [3.8, 4) is 0 Å². The standard InChI is InChI=1S/C13H15BrN2O3/c1-18-8-11(17)7-13-15-12(16-19-13)6-9-2-4-10(14)5-3-9/h2-5,11,17H,6-8H2,1H3. The second kappa shape index (κ2) is 6.79. The van der Waals surface area contributed by atoms with Gasteiger partial charge in [0.2, 0.25) is 5.89 Å². The third-order valence-corrected chi connectivity index (χ3v) is 3.08. The predicted molar refractivity (Wildman–Crippen MR) is 72.8 cm³/mol. The number of aromatic nitrogens is 2. The number of ether oxygens (including phenoxy) is 1. The molecule has 1 unspecified atom stereocenters. The van der Waals surface area contributed by atoms with E-state index in [4.69, 9.17) is 9.26 Å². The number of halogens is 1. The number of methoxy groups -OCH3 is 1. The topological polar surface area (TPSA) is 68.4 Å². The van der Waals surface area contributed by atoms with Gasteiger partial charge in [-0.15, -0.1) is 0 Å². The van der Waals surface area contributed by atoms with E-state index in [0.29, 0.717) is 24.6 Å². The fourth-order valence-corrected chi connectivity index (χ4v) is 1.95. The van der Waals surface area contributed by atoms with Crippen LogP contribution in [-0.4, -0.2) is 35.1 Å². The maximum Gasteiger partial charge on any atom is 0.229 e. The molecule has 6 heteroatoms. The largest absolute Gasteiger partial charge is 0.390 e. The van der Waals surface area contributed by atoms with E-state index in [1.165, 1.54) is 7.11 Å². The van der Waals surface area contributed by atoms with Crippen LogP contribution >= 0.6 is 15.9 Å². The zero-order chi connectivity index (χ0) is 13.7. The molecule has 2 aromatic rings. The Balaban J connectivity index is 1.95. The number of aliphatic hydroxyl groups is 1. The van der Waals surface area contributed by atoms with Crippen LogP contribution in [0.3, 0.4) is 0 Å². The van der Waals surface area contributed by atoms with Crippen molar-refractivity contribution in [1.29, 1.82) is 0 Å². The molecule has 19 heavy (non-hydrogen) atoms. The van der Waals surface area contributed by atoms with Crippen LogP contribution < -0.4 is 0 Å². The average molecular weight is 327 g/mol. The van der Waals surface area contributed by atoms with Gasteiger partial charge in [-0.1, -0.05) is 33.2 Å². The molecule has 1 heterocycles. The van der Waals surface area contributed by atoms with E-state index in [2.05, 4.69) is 26.1 Å². The van der Waals surface area contributed by atoms with Crippen molar-refractivity contribution in [3.63, 3.8) is 0 Å². The zero-order valence-electron chi connectivity index (χ0n) is 10.5. The molecule has 0 spiro atoms. The highest BCUT2D eigenvalue weighted by Crippen LogP contribution is 2.13. The molecular formula is C13H15BrN2O3. The molecular weight excluding hydrogens is 312 g/mol. The molecule has 0 saturated heterocycles. The number of nitrogens with zero attached hydrogens (tertiary/aromatic N) is 2. The van der Waals surface area contributed by atoms with Crippen LogP contribution in [0, 0.1) is 0 Å². The van der Waals surface area contributed by atoms with Crippen molar-refractivity contribution in [2.45, 2.75) is 18.9 Å². The number of aliphatic hydroxyl groups excluding tert-OH is 1. The summed E-state index contributed by atoms with van der Waals surface area (Å²) in [7, 11) is 1.54. The van der Waals surface area contributed by atoms with Crippen molar-refractivity contribution in [2.24, 2.45) is 0 Å². The van der Waals surface area contributed by atoms with E-state index in [1.54, 1.807) is 0 Å². The molecule has 1 aromatic heterocycles. The van der Waals surface area contributed by atoms with Crippen molar-refractivity contribution in [1.82, 2.24) is 10.1 Å². The van der Waals surface area contributed by atoms with Crippen molar-refractivity contribution >= 4 is 15.9 Å². The van der Waals surface area contributed by atoms with Gasteiger partial charge in [-0.25, -0.2) is 0 Å². The SMILES string of the molecule is COCC(O)Cc1nc(Cc2ccc(Br)cc2)no1. The first-order valence-corrected chi connectivity index (χ1v) is 6.69. The van der Waals surface area contributed by atoms with E-state index in [-0.39, 0.29) is 6.61 Å². The van der Waals surface area contributed by atoms with Gasteiger partial charge in [0.1, 0.15) is 0 Å². The highest BCUT2D eigenvalue weighted by atomic mass is 79.9. The zero-order valence-corrected chi connectivity index (χ0v) is 12.1. The Bertz CT molecular complexity index is 513. The number of rotatable bonds is 6. The van der Waals surface area contributed by atoms with Gasteiger partial charge in [0.25, 0.3) is 0 Å². The first-order chi connectivity index (χ1) is 9.17. The average Bonchev–Trinajstić information content (AvgIpc) is 2.80. The van der Waals surface area contributed by atoms with E-state index < -0.39 is 6.10 Å². The highest BCUT2D eigenvalue weighted by Gasteiger charge is 2.12. The van der Waals surface area contributed by atoms with Gasteiger partial charge < -0.3 is 14.4 Å².